The highest BCUT2D eigenvalue weighted by molar-refractivity contribution is 6.31. The maximum Gasteiger partial charge on any atom is 0.305 e. The van der Waals surface area contributed by atoms with E-state index >= 15 is 0 Å². The molecule has 2 N–H and O–H groups in total. The fourth-order valence-corrected chi connectivity index (χ4v) is 2.48. The topological polar surface area (TPSA) is 97.6 Å². The number of carbonyl (C=O) groups is 2. The van der Waals surface area contributed by atoms with E-state index in [2.05, 4.69) is 10.9 Å². The normalized spacial score (nSPS) is 11.7. The molecule has 2 amide bonds. The van der Waals surface area contributed by atoms with E-state index in [0.717, 1.165) is 6.07 Å². The summed E-state index contributed by atoms with van der Waals surface area (Å²) in [7, 11) is 0. The van der Waals surface area contributed by atoms with Gasteiger partial charge in [0.1, 0.15) is 5.58 Å². The number of para-hydroxylation sites is 1. The van der Waals surface area contributed by atoms with E-state index in [1.165, 1.54) is 43.3 Å². The maximum atomic E-state index is 13.6. The summed E-state index contributed by atoms with van der Waals surface area (Å²) in [5.74, 6) is -2.60. The molecule has 2 aromatic carbocycles. The summed E-state index contributed by atoms with van der Waals surface area (Å²) < 4.78 is 24.1. The van der Waals surface area contributed by atoms with Crippen LogP contribution < -0.4 is 21.0 Å². The van der Waals surface area contributed by atoms with Crippen molar-refractivity contribution in [1.29, 1.82) is 0 Å². The van der Waals surface area contributed by atoms with Crippen molar-refractivity contribution in [3.63, 3.8) is 0 Å². The molecule has 0 aliphatic carbocycles. The van der Waals surface area contributed by atoms with Gasteiger partial charge in [0, 0.05) is 11.1 Å². The van der Waals surface area contributed by atoms with Crippen LogP contribution in [0.2, 0.25) is 5.02 Å². The van der Waals surface area contributed by atoms with Gasteiger partial charge < -0.3 is 9.15 Å². The van der Waals surface area contributed by atoms with Crippen molar-refractivity contribution in [2.75, 3.05) is 0 Å². The van der Waals surface area contributed by atoms with Crippen molar-refractivity contribution in [1.82, 2.24) is 10.9 Å². The lowest BCUT2D eigenvalue weighted by Crippen LogP contribution is -2.47. The van der Waals surface area contributed by atoms with Crippen molar-refractivity contribution >= 4 is 34.4 Å². The molecule has 28 heavy (non-hydrogen) atoms. The summed E-state index contributed by atoms with van der Waals surface area (Å²) in [6.07, 6.45) is -1.09. The summed E-state index contributed by atoms with van der Waals surface area (Å²) in [6, 6.07) is 11.0. The minimum Gasteiger partial charge on any atom is -0.478 e. The minimum absolute atomic E-state index is 0.101. The van der Waals surface area contributed by atoms with Crippen LogP contribution in [0.3, 0.4) is 0 Å². The Hall–Kier alpha value is -3.39. The van der Waals surface area contributed by atoms with Crippen molar-refractivity contribution in [3.05, 3.63) is 75.4 Å². The van der Waals surface area contributed by atoms with Crippen LogP contribution in [0.1, 0.15) is 17.5 Å². The lowest BCUT2D eigenvalue weighted by atomic mass is 10.2. The number of hydrazine groups is 1. The molecule has 0 saturated carbocycles. The van der Waals surface area contributed by atoms with Gasteiger partial charge in [-0.15, -0.1) is 0 Å². The van der Waals surface area contributed by atoms with E-state index in [-0.39, 0.29) is 22.5 Å². The molecule has 0 fully saturated rings. The first-order chi connectivity index (χ1) is 13.3. The molecule has 0 aliphatic heterocycles. The third-order valence-corrected chi connectivity index (χ3v) is 3.96. The quantitative estimate of drug-likeness (QED) is 0.652. The number of halogens is 2. The zero-order valence-corrected chi connectivity index (χ0v) is 15.2. The van der Waals surface area contributed by atoms with Crippen LogP contribution in [0.15, 0.2) is 57.7 Å². The summed E-state index contributed by atoms with van der Waals surface area (Å²) in [6.45, 7) is 1.38. The zero-order chi connectivity index (χ0) is 20.3. The van der Waals surface area contributed by atoms with Crippen LogP contribution in [0, 0.1) is 5.82 Å². The minimum atomic E-state index is -1.09. The van der Waals surface area contributed by atoms with Crippen LogP contribution in [0.25, 0.3) is 11.0 Å². The molecule has 0 aliphatic rings. The summed E-state index contributed by atoms with van der Waals surface area (Å²) in [4.78, 5) is 36.3. The zero-order valence-electron chi connectivity index (χ0n) is 14.5. The Balaban J connectivity index is 1.66. The van der Waals surface area contributed by atoms with E-state index < -0.39 is 29.2 Å². The van der Waals surface area contributed by atoms with Gasteiger partial charge in [0.05, 0.1) is 5.39 Å². The highest BCUT2D eigenvalue weighted by atomic mass is 35.5. The lowest BCUT2D eigenvalue weighted by molar-refractivity contribution is -0.128. The largest absolute Gasteiger partial charge is 0.478 e. The first-order valence-electron chi connectivity index (χ1n) is 8.10. The Morgan fingerprint density at radius 2 is 1.89 bits per heavy atom. The van der Waals surface area contributed by atoms with Gasteiger partial charge in [-0.25, -0.2) is 4.39 Å². The van der Waals surface area contributed by atoms with Crippen molar-refractivity contribution in [2.45, 2.75) is 13.0 Å². The Kier molecular flexibility index (Phi) is 5.60. The van der Waals surface area contributed by atoms with Crippen molar-refractivity contribution < 1.29 is 23.1 Å². The molecular formula is C19H14ClFN2O5. The van der Waals surface area contributed by atoms with E-state index in [0.29, 0.717) is 5.02 Å². The van der Waals surface area contributed by atoms with Crippen LogP contribution >= 0.6 is 11.6 Å². The highest BCUT2D eigenvalue weighted by Crippen LogP contribution is 2.18. The number of hydrogen-bond acceptors (Lipinski definition) is 5. The predicted molar refractivity (Wildman–Crippen MR) is 99.6 cm³/mol. The molecule has 9 heteroatoms. The van der Waals surface area contributed by atoms with Gasteiger partial charge in [-0.05, 0) is 37.3 Å². The van der Waals surface area contributed by atoms with Crippen LogP contribution in [0.5, 0.6) is 5.75 Å². The smallest absolute Gasteiger partial charge is 0.305 e. The van der Waals surface area contributed by atoms with Crippen molar-refractivity contribution in [2.24, 2.45) is 0 Å². The van der Waals surface area contributed by atoms with Gasteiger partial charge in [0.25, 0.3) is 5.91 Å². The SMILES string of the molecule is C[C@H](Oc1ccccc1F)C(=O)NNC(=O)c1cc(=O)c2cc(Cl)ccc2o1. The van der Waals surface area contributed by atoms with Gasteiger partial charge in [0.2, 0.25) is 0 Å². The van der Waals surface area contributed by atoms with E-state index in [1.807, 2.05) is 0 Å². The van der Waals surface area contributed by atoms with Gasteiger partial charge >= 0.3 is 5.91 Å². The first-order valence-corrected chi connectivity index (χ1v) is 8.48. The molecule has 0 radical (unpaired) electrons. The Morgan fingerprint density at radius 1 is 1.14 bits per heavy atom. The molecule has 3 aromatic rings. The number of carbonyl (C=O) groups excluding carboxylic acids is 2. The average molecular weight is 405 g/mol. The highest BCUT2D eigenvalue weighted by Gasteiger charge is 2.19. The molecule has 0 bridgehead atoms. The molecular weight excluding hydrogens is 391 g/mol. The molecule has 0 unspecified atom stereocenters. The third-order valence-electron chi connectivity index (χ3n) is 3.72. The fraction of sp³-hybridized carbons (Fsp3) is 0.105. The molecule has 1 atom stereocenters. The van der Waals surface area contributed by atoms with Crippen LogP contribution in [0.4, 0.5) is 4.39 Å². The predicted octanol–water partition coefficient (Wildman–Crippen LogP) is 2.81. The Bertz CT molecular complexity index is 1110. The molecule has 3 rings (SSSR count). The maximum absolute atomic E-state index is 13.6. The number of fused-ring (bicyclic) bond motifs is 1. The standard InChI is InChI=1S/C19H14ClFN2O5/c1-10(27-16-5-3-2-4-13(16)21)18(25)22-23-19(26)17-9-14(24)12-8-11(20)6-7-15(12)28-17/h2-10H,1H3,(H,22,25)(H,23,26)/t10-/m0/s1. The van der Waals surface area contributed by atoms with Crippen molar-refractivity contribution in [3.8, 4) is 5.75 Å². The number of hydrogen-bond donors (Lipinski definition) is 2. The van der Waals surface area contributed by atoms with E-state index in [4.69, 9.17) is 20.8 Å². The average Bonchev–Trinajstić information content (AvgIpc) is 2.67. The Labute approximate surface area is 163 Å². The van der Waals surface area contributed by atoms with Crippen LogP contribution in [-0.2, 0) is 4.79 Å². The molecule has 0 spiro atoms. The van der Waals surface area contributed by atoms with E-state index in [9.17, 15) is 18.8 Å². The number of amides is 2. The lowest BCUT2D eigenvalue weighted by Gasteiger charge is -2.15. The van der Waals surface area contributed by atoms with Gasteiger partial charge in [-0.1, -0.05) is 23.7 Å². The summed E-state index contributed by atoms with van der Waals surface area (Å²) in [5.41, 5.74) is 3.95. The molecule has 1 aromatic heterocycles. The summed E-state index contributed by atoms with van der Waals surface area (Å²) in [5, 5.41) is 0.577. The molecule has 7 nitrogen and oxygen atoms in total. The monoisotopic (exact) mass is 404 g/mol. The molecule has 1 heterocycles. The number of benzene rings is 2. The van der Waals surface area contributed by atoms with Gasteiger partial charge in [-0.3, -0.25) is 25.2 Å². The Morgan fingerprint density at radius 3 is 2.64 bits per heavy atom. The second-order valence-electron chi connectivity index (χ2n) is 5.75. The summed E-state index contributed by atoms with van der Waals surface area (Å²) >= 11 is 5.83. The number of ether oxygens (including phenoxy) is 1. The van der Waals surface area contributed by atoms with E-state index in [1.54, 1.807) is 6.07 Å². The number of nitrogens with one attached hydrogen (secondary N) is 2. The fourth-order valence-electron chi connectivity index (χ4n) is 2.31. The molecule has 144 valence electrons. The second kappa shape index (κ2) is 8.10. The van der Waals surface area contributed by atoms with Crippen LogP contribution in [-0.4, -0.2) is 17.9 Å². The molecule has 0 saturated heterocycles. The van der Waals surface area contributed by atoms with Gasteiger partial charge in [-0.2, -0.15) is 0 Å². The van der Waals surface area contributed by atoms with Gasteiger partial charge in [0.15, 0.2) is 28.9 Å². The second-order valence-corrected chi connectivity index (χ2v) is 6.19. The first kappa shape index (κ1) is 19.4. The number of rotatable bonds is 4. The third kappa shape index (κ3) is 4.29.